The van der Waals surface area contributed by atoms with Gasteiger partial charge in [-0.3, -0.25) is 0 Å². The van der Waals surface area contributed by atoms with Gasteiger partial charge >= 0.3 is 0 Å². The van der Waals surface area contributed by atoms with Crippen molar-refractivity contribution in [3.05, 3.63) is 0 Å². The maximum absolute atomic E-state index is 8.59. The molecule has 0 spiro atoms. The van der Waals surface area contributed by atoms with Crippen LogP contribution in [0.15, 0.2) is 0 Å². The van der Waals surface area contributed by atoms with Crippen LogP contribution in [0.25, 0.3) is 0 Å². The van der Waals surface area contributed by atoms with Crippen LogP contribution in [-0.2, 0) is 9.47 Å². The number of unbranched alkanes of at least 4 members (excludes halogenated alkanes) is 3. The lowest BCUT2D eigenvalue weighted by molar-refractivity contribution is 0.104. The summed E-state index contributed by atoms with van der Waals surface area (Å²) in [6.07, 6.45) is 5.41. The summed E-state index contributed by atoms with van der Waals surface area (Å²) in [5.41, 5.74) is 0. The number of ether oxygens (including phenoxy) is 2. The van der Waals surface area contributed by atoms with E-state index in [0.717, 1.165) is 52.2 Å². The predicted octanol–water partition coefficient (Wildman–Crippen LogP) is 1.18. The molecule has 0 unspecified atom stereocenters. The zero-order valence-corrected chi connectivity index (χ0v) is 10.5. The molecular weight excluding hydrogens is 206 g/mol. The van der Waals surface area contributed by atoms with Crippen LogP contribution in [0.4, 0.5) is 0 Å². The Labute approximate surface area is 99.3 Å². The summed E-state index contributed by atoms with van der Waals surface area (Å²) >= 11 is 0. The summed E-state index contributed by atoms with van der Waals surface area (Å²) in [5.74, 6) is 0. The first-order chi connectivity index (χ1) is 7.91. The molecule has 0 aromatic heterocycles. The minimum absolute atomic E-state index is 0.322. The van der Waals surface area contributed by atoms with E-state index in [1.807, 2.05) is 0 Å². The fourth-order valence-corrected chi connectivity index (χ4v) is 1.39. The highest BCUT2D eigenvalue weighted by Crippen LogP contribution is 1.97. The zero-order valence-electron chi connectivity index (χ0n) is 10.5. The SMILES string of the molecule is COCCCOCCNCCCCCCO. The maximum Gasteiger partial charge on any atom is 0.0590 e. The first-order valence-electron chi connectivity index (χ1n) is 6.30. The third-order valence-corrected chi connectivity index (χ3v) is 2.32. The van der Waals surface area contributed by atoms with Crippen LogP contribution in [0.1, 0.15) is 32.1 Å². The van der Waals surface area contributed by atoms with Crippen LogP contribution in [-0.4, -0.2) is 51.7 Å². The molecule has 0 atom stereocenters. The van der Waals surface area contributed by atoms with Crippen molar-refractivity contribution in [3.63, 3.8) is 0 Å². The van der Waals surface area contributed by atoms with Crippen molar-refractivity contribution in [2.24, 2.45) is 0 Å². The van der Waals surface area contributed by atoms with Crippen LogP contribution < -0.4 is 5.32 Å². The van der Waals surface area contributed by atoms with Crippen molar-refractivity contribution in [3.8, 4) is 0 Å². The number of nitrogens with one attached hydrogen (secondary N) is 1. The first-order valence-corrected chi connectivity index (χ1v) is 6.30. The van der Waals surface area contributed by atoms with E-state index in [-0.39, 0.29) is 0 Å². The molecule has 0 rings (SSSR count). The number of aliphatic hydroxyl groups excluding tert-OH is 1. The summed E-state index contributed by atoms with van der Waals surface area (Å²) in [6.45, 7) is 4.63. The smallest absolute Gasteiger partial charge is 0.0590 e. The van der Waals surface area contributed by atoms with E-state index >= 15 is 0 Å². The first kappa shape index (κ1) is 15.8. The Morgan fingerprint density at radius 3 is 2.44 bits per heavy atom. The monoisotopic (exact) mass is 233 g/mol. The quantitative estimate of drug-likeness (QED) is 0.469. The van der Waals surface area contributed by atoms with E-state index in [9.17, 15) is 0 Å². The summed E-state index contributed by atoms with van der Waals surface area (Å²) in [7, 11) is 1.71. The maximum atomic E-state index is 8.59. The highest BCUT2D eigenvalue weighted by Gasteiger charge is 1.91. The van der Waals surface area contributed by atoms with E-state index in [1.165, 1.54) is 12.8 Å². The van der Waals surface area contributed by atoms with Crippen molar-refractivity contribution in [1.82, 2.24) is 5.32 Å². The van der Waals surface area contributed by atoms with Crippen molar-refractivity contribution < 1.29 is 14.6 Å². The molecule has 0 aromatic rings. The average Bonchev–Trinajstić information content (AvgIpc) is 2.31. The third kappa shape index (κ3) is 13.8. The highest BCUT2D eigenvalue weighted by atomic mass is 16.5. The second-order valence-electron chi connectivity index (χ2n) is 3.85. The Kier molecular flexibility index (Phi) is 14.7. The van der Waals surface area contributed by atoms with Gasteiger partial charge in [0, 0.05) is 33.5 Å². The minimum Gasteiger partial charge on any atom is -0.396 e. The average molecular weight is 233 g/mol. The molecule has 0 aliphatic heterocycles. The van der Waals surface area contributed by atoms with Crippen LogP contribution in [0.3, 0.4) is 0 Å². The van der Waals surface area contributed by atoms with Gasteiger partial charge in [0.2, 0.25) is 0 Å². The summed E-state index contributed by atoms with van der Waals surface area (Å²) in [5, 5.41) is 11.9. The summed E-state index contributed by atoms with van der Waals surface area (Å²) < 4.78 is 10.3. The molecule has 0 radical (unpaired) electrons. The van der Waals surface area contributed by atoms with Crippen LogP contribution in [0, 0.1) is 0 Å². The Balaban J connectivity index is 2.83. The Morgan fingerprint density at radius 2 is 1.69 bits per heavy atom. The standard InChI is InChI=1S/C12H27NO3/c1-15-10-6-11-16-12-8-13-7-4-2-3-5-9-14/h13-14H,2-12H2,1H3. The molecule has 0 aromatic carbocycles. The molecule has 0 amide bonds. The summed E-state index contributed by atoms with van der Waals surface area (Å²) in [4.78, 5) is 0. The number of hydrogen-bond donors (Lipinski definition) is 2. The molecule has 2 N–H and O–H groups in total. The van der Waals surface area contributed by atoms with Gasteiger partial charge in [-0.15, -0.1) is 0 Å². The van der Waals surface area contributed by atoms with E-state index in [0.29, 0.717) is 6.61 Å². The van der Waals surface area contributed by atoms with Gasteiger partial charge in [-0.05, 0) is 25.8 Å². The molecule has 0 heterocycles. The van der Waals surface area contributed by atoms with Crippen LogP contribution >= 0.6 is 0 Å². The van der Waals surface area contributed by atoms with Crippen molar-refractivity contribution in [2.45, 2.75) is 32.1 Å². The molecule has 0 aliphatic rings. The normalized spacial score (nSPS) is 10.9. The molecule has 0 saturated carbocycles. The predicted molar refractivity (Wildman–Crippen MR) is 65.7 cm³/mol. The second kappa shape index (κ2) is 14.8. The largest absolute Gasteiger partial charge is 0.396 e. The number of rotatable bonds is 13. The fourth-order valence-electron chi connectivity index (χ4n) is 1.39. The number of methoxy groups -OCH3 is 1. The molecule has 16 heavy (non-hydrogen) atoms. The van der Waals surface area contributed by atoms with Gasteiger partial charge in [0.25, 0.3) is 0 Å². The molecule has 0 fully saturated rings. The van der Waals surface area contributed by atoms with Gasteiger partial charge in [0.05, 0.1) is 6.61 Å². The molecule has 4 heteroatoms. The van der Waals surface area contributed by atoms with Gasteiger partial charge in [-0.2, -0.15) is 0 Å². The molecule has 0 aliphatic carbocycles. The van der Waals surface area contributed by atoms with Crippen molar-refractivity contribution in [1.29, 1.82) is 0 Å². The molecular formula is C12H27NO3. The highest BCUT2D eigenvalue weighted by molar-refractivity contribution is 4.48. The lowest BCUT2D eigenvalue weighted by Crippen LogP contribution is -2.21. The molecule has 0 bridgehead atoms. The topological polar surface area (TPSA) is 50.7 Å². The Hall–Kier alpha value is -0.160. The van der Waals surface area contributed by atoms with Crippen molar-refractivity contribution >= 4 is 0 Å². The van der Waals surface area contributed by atoms with E-state index < -0.39 is 0 Å². The fraction of sp³-hybridized carbons (Fsp3) is 1.00. The minimum atomic E-state index is 0.322. The van der Waals surface area contributed by atoms with Crippen LogP contribution in [0.2, 0.25) is 0 Å². The molecule has 0 saturated heterocycles. The van der Waals surface area contributed by atoms with E-state index in [4.69, 9.17) is 14.6 Å². The molecule has 98 valence electrons. The lowest BCUT2D eigenvalue weighted by atomic mass is 10.2. The second-order valence-corrected chi connectivity index (χ2v) is 3.85. The van der Waals surface area contributed by atoms with Gasteiger partial charge in [-0.25, -0.2) is 0 Å². The van der Waals surface area contributed by atoms with Gasteiger partial charge in [0.15, 0.2) is 0 Å². The van der Waals surface area contributed by atoms with E-state index in [2.05, 4.69) is 5.32 Å². The Bertz CT molecular complexity index is 109. The van der Waals surface area contributed by atoms with Crippen LogP contribution in [0.5, 0.6) is 0 Å². The lowest BCUT2D eigenvalue weighted by Gasteiger charge is -2.05. The van der Waals surface area contributed by atoms with Gasteiger partial charge < -0.3 is 19.9 Å². The summed E-state index contributed by atoms with van der Waals surface area (Å²) in [6, 6.07) is 0. The molecule has 4 nitrogen and oxygen atoms in total. The Morgan fingerprint density at radius 1 is 0.875 bits per heavy atom. The third-order valence-electron chi connectivity index (χ3n) is 2.32. The van der Waals surface area contributed by atoms with Gasteiger partial charge in [0.1, 0.15) is 0 Å². The van der Waals surface area contributed by atoms with E-state index in [1.54, 1.807) is 7.11 Å². The van der Waals surface area contributed by atoms with Gasteiger partial charge in [-0.1, -0.05) is 12.8 Å². The number of aliphatic hydroxyl groups is 1. The number of hydrogen-bond acceptors (Lipinski definition) is 4. The zero-order chi connectivity index (χ0) is 11.9. The van der Waals surface area contributed by atoms with Crippen molar-refractivity contribution in [2.75, 3.05) is 46.6 Å².